The number of nitrogens with zero attached hydrogens (tertiary/aromatic N) is 4. The number of amides is 1. The van der Waals surface area contributed by atoms with Gasteiger partial charge in [-0.3, -0.25) is 9.69 Å². The van der Waals surface area contributed by atoms with Crippen molar-refractivity contribution in [1.29, 1.82) is 0 Å². The second-order valence-electron chi connectivity index (χ2n) is 7.96. The minimum absolute atomic E-state index is 0.152. The lowest BCUT2D eigenvalue weighted by molar-refractivity contribution is -0.129. The van der Waals surface area contributed by atoms with E-state index in [0.29, 0.717) is 0 Å². The molecule has 1 amide bonds. The first-order valence-electron chi connectivity index (χ1n) is 10.2. The predicted octanol–water partition coefficient (Wildman–Crippen LogP) is 2.59. The van der Waals surface area contributed by atoms with Crippen LogP contribution < -0.4 is 10.5 Å². The standard InChI is InChI=1S/C24H23N5O2/c1-14-18-7-6-15-4-5-16(17-11-26-13-27-12-17)10-20(15)24(19(18)8-9-21(14)31-3)22(30)29(2)23(25)28-24/h4-5,8-13H,6-7H2,1-3H3,(H2,25,28)/t24-/m1/s1. The predicted molar refractivity (Wildman–Crippen MR) is 118 cm³/mol. The molecule has 7 heteroatoms. The summed E-state index contributed by atoms with van der Waals surface area (Å²) in [7, 11) is 3.33. The summed E-state index contributed by atoms with van der Waals surface area (Å²) in [6.45, 7) is 2.03. The van der Waals surface area contributed by atoms with Crippen LogP contribution in [0.1, 0.15) is 27.8 Å². The van der Waals surface area contributed by atoms with E-state index in [-0.39, 0.29) is 11.9 Å². The van der Waals surface area contributed by atoms with Gasteiger partial charge in [0.15, 0.2) is 11.5 Å². The Morgan fingerprint density at radius 3 is 2.52 bits per heavy atom. The summed E-state index contributed by atoms with van der Waals surface area (Å²) in [5.74, 6) is 0.865. The first-order chi connectivity index (χ1) is 15.0. The Labute approximate surface area is 180 Å². The van der Waals surface area contributed by atoms with Crippen molar-refractivity contribution in [2.45, 2.75) is 25.3 Å². The SMILES string of the molecule is COc1ccc2c(c1C)CCc1ccc(-c3cncnc3)cc1[C@]21N=C(N)N(C)C1=O. The molecule has 1 atom stereocenters. The number of guanidine groups is 1. The van der Waals surface area contributed by atoms with Gasteiger partial charge in [0.2, 0.25) is 0 Å². The van der Waals surface area contributed by atoms with Gasteiger partial charge in [0, 0.05) is 25.0 Å². The van der Waals surface area contributed by atoms with Crippen molar-refractivity contribution in [3.8, 4) is 16.9 Å². The summed E-state index contributed by atoms with van der Waals surface area (Å²) in [6, 6.07) is 10.0. The molecule has 7 nitrogen and oxygen atoms in total. The second kappa shape index (κ2) is 6.91. The largest absolute Gasteiger partial charge is 0.496 e. The summed E-state index contributed by atoms with van der Waals surface area (Å²) in [4.78, 5) is 28.3. The maximum atomic E-state index is 13.8. The van der Waals surface area contributed by atoms with Gasteiger partial charge in [-0.15, -0.1) is 0 Å². The number of fused-ring (bicyclic) bond motifs is 4. The molecule has 1 aliphatic heterocycles. The maximum Gasteiger partial charge on any atom is 0.266 e. The average Bonchev–Trinajstić information content (AvgIpc) is 2.94. The molecule has 2 aromatic carbocycles. The van der Waals surface area contributed by atoms with E-state index in [9.17, 15) is 4.79 Å². The van der Waals surface area contributed by atoms with Crippen molar-refractivity contribution in [1.82, 2.24) is 14.9 Å². The zero-order chi connectivity index (χ0) is 21.8. The molecular weight excluding hydrogens is 390 g/mol. The number of hydrogen-bond donors (Lipinski definition) is 1. The molecule has 1 aromatic heterocycles. The molecule has 2 aliphatic rings. The van der Waals surface area contributed by atoms with Crippen molar-refractivity contribution in [2.75, 3.05) is 14.2 Å². The Bertz CT molecular complexity index is 1240. The number of methoxy groups -OCH3 is 1. The summed E-state index contributed by atoms with van der Waals surface area (Å²) >= 11 is 0. The van der Waals surface area contributed by atoms with Gasteiger partial charge < -0.3 is 10.5 Å². The van der Waals surface area contributed by atoms with E-state index in [4.69, 9.17) is 15.5 Å². The number of likely N-dealkylation sites (N-methyl/N-ethyl adjacent to an activating group) is 1. The van der Waals surface area contributed by atoms with Crippen molar-refractivity contribution in [3.63, 3.8) is 0 Å². The highest BCUT2D eigenvalue weighted by Crippen LogP contribution is 2.47. The second-order valence-corrected chi connectivity index (χ2v) is 7.96. The van der Waals surface area contributed by atoms with E-state index in [1.807, 2.05) is 31.2 Å². The Morgan fingerprint density at radius 1 is 1.06 bits per heavy atom. The average molecular weight is 413 g/mol. The van der Waals surface area contributed by atoms with Gasteiger partial charge in [-0.1, -0.05) is 18.2 Å². The Kier molecular flexibility index (Phi) is 4.28. The normalized spacial score (nSPS) is 19.6. The molecule has 3 aromatic rings. The fourth-order valence-electron chi connectivity index (χ4n) is 4.77. The van der Waals surface area contributed by atoms with E-state index >= 15 is 0 Å². The van der Waals surface area contributed by atoms with Crippen LogP contribution in [0.15, 0.2) is 54.0 Å². The number of nitrogens with two attached hydrogens (primary N) is 1. The van der Waals surface area contributed by atoms with Crippen LogP contribution in [0.3, 0.4) is 0 Å². The highest BCUT2D eigenvalue weighted by Gasteiger charge is 2.52. The van der Waals surface area contributed by atoms with Crippen LogP contribution in [0.2, 0.25) is 0 Å². The summed E-state index contributed by atoms with van der Waals surface area (Å²) in [5, 5.41) is 0. The molecule has 2 heterocycles. The quantitative estimate of drug-likeness (QED) is 0.697. The zero-order valence-electron chi connectivity index (χ0n) is 17.7. The molecule has 31 heavy (non-hydrogen) atoms. The number of ether oxygens (including phenoxy) is 1. The van der Waals surface area contributed by atoms with Crippen molar-refractivity contribution >= 4 is 11.9 Å². The molecule has 1 spiro atoms. The highest BCUT2D eigenvalue weighted by atomic mass is 16.5. The molecular formula is C24H23N5O2. The molecule has 0 fully saturated rings. The van der Waals surface area contributed by atoms with Crippen LogP contribution in [0, 0.1) is 6.92 Å². The van der Waals surface area contributed by atoms with Crippen molar-refractivity contribution in [2.24, 2.45) is 10.7 Å². The number of benzene rings is 2. The number of rotatable bonds is 2. The van der Waals surface area contributed by atoms with Crippen LogP contribution in [0.4, 0.5) is 0 Å². The van der Waals surface area contributed by atoms with Crippen LogP contribution >= 0.6 is 0 Å². The van der Waals surface area contributed by atoms with Crippen LogP contribution in [0.5, 0.6) is 5.75 Å². The fraction of sp³-hybridized carbons (Fsp3) is 0.250. The highest BCUT2D eigenvalue weighted by molar-refractivity contribution is 6.09. The van der Waals surface area contributed by atoms with E-state index < -0.39 is 5.54 Å². The lowest BCUT2D eigenvalue weighted by Gasteiger charge is -2.29. The van der Waals surface area contributed by atoms with E-state index in [2.05, 4.69) is 16.0 Å². The van der Waals surface area contributed by atoms with Gasteiger partial charge >= 0.3 is 0 Å². The Morgan fingerprint density at radius 2 is 1.84 bits per heavy atom. The first-order valence-corrected chi connectivity index (χ1v) is 10.2. The third kappa shape index (κ3) is 2.66. The van der Waals surface area contributed by atoms with E-state index in [1.54, 1.807) is 26.6 Å². The number of hydrogen-bond acceptors (Lipinski definition) is 6. The van der Waals surface area contributed by atoms with Crippen LogP contribution in [0.25, 0.3) is 11.1 Å². The number of aryl methyl sites for hydroxylation is 1. The number of carbonyl (C=O) groups excluding carboxylic acids is 1. The topological polar surface area (TPSA) is 93.7 Å². The van der Waals surface area contributed by atoms with Crippen molar-refractivity contribution in [3.05, 3.63) is 76.9 Å². The molecule has 0 unspecified atom stereocenters. The molecule has 2 N–H and O–H groups in total. The first kappa shape index (κ1) is 19.2. The van der Waals surface area contributed by atoms with Gasteiger partial charge in [0.05, 0.1) is 7.11 Å². The molecule has 156 valence electrons. The summed E-state index contributed by atoms with van der Waals surface area (Å²) in [6.07, 6.45) is 6.60. The fourth-order valence-corrected chi connectivity index (χ4v) is 4.77. The van der Waals surface area contributed by atoms with Gasteiger partial charge in [0.25, 0.3) is 5.91 Å². The molecule has 5 rings (SSSR count). The lowest BCUT2D eigenvalue weighted by Crippen LogP contribution is -2.41. The van der Waals surface area contributed by atoms with Crippen LogP contribution in [-0.4, -0.2) is 40.9 Å². The molecule has 1 aliphatic carbocycles. The monoisotopic (exact) mass is 413 g/mol. The summed E-state index contributed by atoms with van der Waals surface area (Å²) in [5.41, 5.74) is 11.7. The Hall–Kier alpha value is -3.74. The number of carbonyl (C=O) groups is 1. The smallest absolute Gasteiger partial charge is 0.266 e. The third-order valence-electron chi connectivity index (χ3n) is 6.44. The molecule has 0 saturated heterocycles. The van der Waals surface area contributed by atoms with Gasteiger partial charge in [-0.05, 0) is 65.3 Å². The maximum absolute atomic E-state index is 13.8. The number of aromatic nitrogens is 2. The lowest BCUT2D eigenvalue weighted by atomic mass is 9.78. The minimum Gasteiger partial charge on any atom is -0.496 e. The van der Waals surface area contributed by atoms with Gasteiger partial charge in [-0.25, -0.2) is 15.0 Å². The molecule has 0 bridgehead atoms. The van der Waals surface area contributed by atoms with E-state index in [0.717, 1.165) is 57.5 Å². The van der Waals surface area contributed by atoms with E-state index in [1.165, 1.54) is 11.2 Å². The minimum atomic E-state index is -1.22. The Balaban J connectivity index is 1.84. The number of aliphatic imine (C=N–C) groups is 1. The molecule has 0 radical (unpaired) electrons. The third-order valence-corrected chi connectivity index (χ3v) is 6.44. The zero-order valence-corrected chi connectivity index (χ0v) is 17.7. The van der Waals surface area contributed by atoms with Gasteiger partial charge in [0.1, 0.15) is 12.1 Å². The van der Waals surface area contributed by atoms with Gasteiger partial charge in [-0.2, -0.15) is 0 Å². The van der Waals surface area contributed by atoms with Crippen LogP contribution in [-0.2, 0) is 23.2 Å². The molecule has 0 saturated carbocycles. The summed E-state index contributed by atoms with van der Waals surface area (Å²) < 4.78 is 5.56. The van der Waals surface area contributed by atoms with Crippen molar-refractivity contribution < 1.29 is 9.53 Å².